The lowest BCUT2D eigenvalue weighted by atomic mass is 10.2. The van der Waals surface area contributed by atoms with Gasteiger partial charge in [-0.3, -0.25) is 5.10 Å². The first-order valence-electron chi connectivity index (χ1n) is 3.69. The van der Waals surface area contributed by atoms with E-state index < -0.39 is 0 Å². The predicted molar refractivity (Wildman–Crippen MR) is 40.8 cm³/mol. The number of benzene rings is 1. The molecule has 2 rings (SSSR count). The van der Waals surface area contributed by atoms with Crippen molar-refractivity contribution in [1.82, 2.24) is 10.2 Å². The minimum Gasteiger partial charge on any atom is -0.282 e. The highest BCUT2D eigenvalue weighted by molar-refractivity contribution is 5.80. The summed E-state index contributed by atoms with van der Waals surface area (Å²) in [6.07, 6.45) is 0. The van der Waals surface area contributed by atoms with Crippen molar-refractivity contribution in [2.75, 3.05) is 0 Å². The van der Waals surface area contributed by atoms with E-state index in [-0.39, 0.29) is 0 Å². The van der Waals surface area contributed by atoms with E-state index in [2.05, 4.69) is 10.2 Å². The number of aromatic nitrogens is 2. The maximum absolute atomic E-state index is 7.33. The monoisotopic (exact) mass is 133 g/mol. The fourth-order valence-corrected chi connectivity index (χ4v) is 1.04. The molecular formula is C8H8N2. The second-order valence-electron chi connectivity index (χ2n) is 2.29. The molecule has 0 saturated carbocycles. The summed E-state index contributed by atoms with van der Waals surface area (Å²) >= 11 is 0. The average Bonchev–Trinajstić information content (AvgIpc) is 2.32. The fraction of sp³-hybridized carbons (Fsp3) is 0.125. The van der Waals surface area contributed by atoms with Gasteiger partial charge in [0.25, 0.3) is 0 Å². The summed E-state index contributed by atoms with van der Waals surface area (Å²) in [6, 6.07) is 5.93. The number of H-pyrrole nitrogens is 1. The van der Waals surface area contributed by atoms with Crippen LogP contribution in [0.5, 0.6) is 0 Å². The third kappa shape index (κ3) is 0.620. The molecule has 2 heteroatoms. The molecule has 1 aromatic carbocycles. The Morgan fingerprint density at radius 3 is 3.40 bits per heavy atom. The molecule has 0 aliphatic carbocycles. The molecule has 0 fully saturated rings. The van der Waals surface area contributed by atoms with Gasteiger partial charge in [-0.1, -0.05) is 18.2 Å². The van der Waals surface area contributed by atoms with Crippen LogP contribution in [0.25, 0.3) is 10.9 Å². The Hall–Kier alpha value is -1.31. The Kier molecular flexibility index (Phi) is 0.826. The van der Waals surface area contributed by atoms with E-state index in [1.807, 2.05) is 13.0 Å². The zero-order valence-corrected chi connectivity index (χ0v) is 5.68. The van der Waals surface area contributed by atoms with Crippen LogP contribution in [0, 0.1) is 6.92 Å². The summed E-state index contributed by atoms with van der Waals surface area (Å²) < 4.78 is 7.33. The highest BCUT2D eigenvalue weighted by Gasteiger charge is 1.96. The Morgan fingerprint density at radius 2 is 2.50 bits per heavy atom. The first-order valence-corrected chi connectivity index (χ1v) is 3.19. The van der Waals surface area contributed by atoms with E-state index in [0.717, 1.165) is 16.6 Å². The Morgan fingerprint density at radius 1 is 1.60 bits per heavy atom. The van der Waals surface area contributed by atoms with E-state index >= 15 is 0 Å². The number of nitrogens with one attached hydrogen (secondary N) is 1. The lowest BCUT2D eigenvalue weighted by Gasteiger charge is -1.84. The minimum absolute atomic E-state index is 0.504. The molecule has 0 unspecified atom stereocenters. The molecule has 0 atom stereocenters. The zero-order valence-electron chi connectivity index (χ0n) is 6.68. The van der Waals surface area contributed by atoms with Crippen LogP contribution in [0.1, 0.15) is 7.06 Å². The predicted octanol–water partition coefficient (Wildman–Crippen LogP) is 1.87. The Balaban J connectivity index is 2.86. The Bertz CT molecular complexity index is 392. The maximum Gasteiger partial charge on any atom is 0.0923 e. The van der Waals surface area contributed by atoms with Crippen molar-refractivity contribution >= 4 is 10.9 Å². The van der Waals surface area contributed by atoms with Gasteiger partial charge in [0.15, 0.2) is 0 Å². The van der Waals surface area contributed by atoms with Gasteiger partial charge >= 0.3 is 0 Å². The SMILES string of the molecule is [2H]c1ccc2c(C)[nH]nc2c1. The summed E-state index contributed by atoms with van der Waals surface area (Å²) in [4.78, 5) is 0. The summed E-state index contributed by atoms with van der Waals surface area (Å²) in [7, 11) is 0. The second-order valence-corrected chi connectivity index (χ2v) is 2.29. The van der Waals surface area contributed by atoms with E-state index in [1.54, 1.807) is 12.1 Å². The number of hydrogen-bond donors (Lipinski definition) is 1. The standard InChI is InChI=1S/C8H8N2/c1-6-7-4-2-3-5-8(7)10-9-6/h2-5H,1H3,(H,9,10)/i3D. The van der Waals surface area contributed by atoms with Gasteiger partial charge in [-0.15, -0.1) is 0 Å². The van der Waals surface area contributed by atoms with E-state index in [0.29, 0.717) is 6.04 Å². The lowest BCUT2D eigenvalue weighted by molar-refractivity contribution is 1.07. The molecule has 0 aliphatic rings. The Labute approximate surface area is 60.3 Å². The zero-order chi connectivity index (χ0) is 7.84. The number of aromatic amines is 1. The van der Waals surface area contributed by atoms with Crippen LogP contribution in [0.4, 0.5) is 0 Å². The van der Waals surface area contributed by atoms with Crippen LogP contribution >= 0.6 is 0 Å². The highest BCUT2D eigenvalue weighted by Crippen LogP contribution is 2.12. The molecule has 0 spiro atoms. The van der Waals surface area contributed by atoms with Crippen LogP contribution in [0.15, 0.2) is 24.2 Å². The minimum atomic E-state index is 0.504. The van der Waals surface area contributed by atoms with Crippen LogP contribution in [0.2, 0.25) is 0 Å². The summed E-state index contributed by atoms with van der Waals surface area (Å²) in [5.74, 6) is 0. The van der Waals surface area contributed by atoms with Crippen LogP contribution in [0.3, 0.4) is 0 Å². The smallest absolute Gasteiger partial charge is 0.0923 e. The molecule has 1 N–H and O–H groups in total. The maximum atomic E-state index is 7.33. The fourth-order valence-electron chi connectivity index (χ4n) is 1.04. The van der Waals surface area contributed by atoms with Crippen LogP contribution in [-0.2, 0) is 0 Å². The molecule has 1 aromatic heterocycles. The number of rotatable bonds is 0. The normalized spacial score (nSPS) is 11.9. The first-order chi connectivity index (χ1) is 5.27. The number of hydrogen-bond acceptors (Lipinski definition) is 1. The van der Waals surface area contributed by atoms with Crippen molar-refractivity contribution < 1.29 is 1.37 Å². The van der Waals surface area contributed by atoms with E-state index in [1.165, 1.54) is 0 Å². The van der Waals surface area contributed by atoms with E-state index in [4.69, 9.17) is 1.37 Å². The second kappa shape index (κ2) is 1.84. The van der Waals surface area contributed by atoms with Crippen molar-refractivity contribution in [1.29, 1.82) is 0 Å². The first kappa shape index (κ1) is 4.50. The largest absolute Gasteiger partial charge is 0.282 e. The molecule has 0 saturated heterocycles. The molecular weight excluding hydrogens is 124 g/mol. The van der Waals surface area contributed by atoms with Gasteiger partial charge in [-0.05, 0) is 13.0 Å². The van der Waals surface area contributed by atoms with Gasteiger partial charge < -0.3 is 0 Å². The van der Waals surface area contributed by atoms with Crippen molar-refractivity contribution in [3.8, 4) is 0 Å². The van der Waals surface area contributed by atoms with Crippen molar-refractivity contribution in [2.24, 2.45) is 0 Å². The quantitative estimate of drug-likeness (QED) is 0.584. The van der Waals surface area contributed by atoms with Crippen molar-refractivity contribution in [3.05, 3.63) is 29.9 Å². The molecule has 0 amide bonds. The highest BCUT2D eigenvalue weighted by atomic mass is 15.1. The molecule has 50 valence electrons. The summed E-state index contributed by atoms with van der Waals surface area (Å²) in [5.41, 5.74) is 1.93. The third-order valence-electron chi connectivity index (χ3n) is 1.59. The van der Waals surface area contributed by atoms with Crippen molar-refractivity contribution in [2.45, 2.75) is 6.92 Å². The van der Waals surface area contributed by atoms with Gasteiger partial charge in [-0.2, -0.15) is 5.10 Å². The molecule has 2 aromatic rings. The lowest BCUT2D eigenvalue weighted by Crippen LogP contribution is -1.67. The number of fused-ring (bicyclic) bond motifs is 1. The molecule has 2 nitrogen and oxygen atoms in total. The topological polar surface area (TPSA) is 28.7 Å². The molecule has 0 bridgehead atoms. The van der Waals surface area contributed by atoms with E-state index in [9.17, 15) is 0 Å². The van der Waals surface area contributed by atoms with Crippen LogP contribution < -0.4 is 0 Å². The van der Waals surface area contributed by atoms with Gasteiger partial charge in [-0.25, -0.2) is 0 Å². The molecule has 0 aliphatic heterocycles. The number of aryl methyl sites for hydroxylation is 1. The summed E-state index contributed by atoms with van der Waals surface area (Å²) in [5, 5.41) is 8.00. The number of para-hydroxylation sites is 1. The van der Waals surface area contributed by atoms with Gasteiger partial charge in [0.1, 0.15) is 0 Å². The summed E-state index contributed by atoms with van der Waals surface area (Å²) in [6.45, 7) is 1.97. The molecule has 0 radical (unpaired) electrons. The average molecular weight is 133 g/mol. The van der Waals surface area contributed by atoms with Gasteiger partial charge in [0.2, 0.25) is 0 Å². The molecule has 10 heavy (non-hydrogen) atoms. The van der Waals surface area contributed by atoms with Crippen molar-refractivity contribution in [3.63, 3.8) is 0 Å². The number of nitrogens with zero attached hydrogens (tertiary/aromatic N) is 1. The third-order valence-corrected chi connectivity index (χ3v) is 1.59. The van der Waals surface area contributed by atoms with Gasteiger partial charge in [0.05, 0.1) is 6.89 Å². The van der Waals surface area contributed by atoms with Gasteiger partial charge in [0, 0.05) is 11.1 Å². The molecule has 1 heterocycles. The van der Waals surface area contributed by atoms with Crippen LogP contribution in [-0.4, -0.2) is 10.2 Å².